The molecular weight excluding hydrogens is 425 g/mol. The highest BCUT2D eigenvalue weighted by molar-refractivity contribution is 6.14. The Balaban J connectivity index is 1.75. The van der Waals surface area contributed by atoms with Crippen molar-refractivity contribution in [1.82, 2.24) is 20.0 Å². The van der Waals surface area contributed by atoms with E-state index < -0.39 is 17.7 Å². The minimum atomic E-state index is -4.50. The molecule has 2 aromatic carbocycles. The van der Waals surface area contributed by atoms with Crippen molar-refractivity contribution in [1.29, 1.82) is 0 Å². The van der Waals surface area contributed by atoms with Gasteiger partial charge in [-0.25, -0.2) is 9.78 Å². The number of benzene rings is 2. The van der Waals surface area contributed by atoms with Gasteiger partial charge in [0.15, 0.2) is 5.76 Å². The van der Waals surface area contributed by atoms with E-state index in [9.17, 15) is 18.0 Å². The number of hydrogen-bond acceptors (Lipinski definition) is 6. The highest BCUT2D eigenvalue weighted by Crippen LogP contribution is 2.32. The van der Waals surface area contributed by atoms with Crippen LogP contribution in [0.4, 0.5) is 13.2 Å². The highest BCUT2D eigenvalue weighted by atomic mass is 19.4. The first-order valence-corrected chi connectivity index (χ1v) is 9.36. The fourth-order valence-corrected chi connectivity index (χ4v) is 3.44. The van der Waals surface area contributed by atoms with Gasteiger partial charge in [-0.3, -0.25) is 0 Å². The Bertz CT molecular complexity index is 1470. The third-order valence-electron chi connectivity index (χ3n) is 4.91. The number of rotatable bonds is 3. The number of halogens is 3. The van der Waals surface area contributed by atoms with Crippen LogP contribution in [0.25, 0.3) is 39.1 Å². The van der Waals surface area contributed by atoms with Crippen LogP contribution in [0.1, 0.15) is 15.9 Å². The number of aromatic nitrogens is 4. The van der Waals surface area contributed by atoms with Crippen molar-refractivity contribution in [2.24, 2.45) is 0 Å². The lowest BCUT2D eigenvalue weighted by molar-refractivity contribution is -0.137. The van der Waals surface area contributed by atoms with Crippen LogP contribution in [0.15, 0.2) is 65.3 Å². The monoisotopic (exact) mass is 438 g/mol. The third-order valence-corrected chi connectivity index (χ3v) is 4.91. The van der Waals surface area contributed by atoms with Gasteiger partial charge in [0.25, 0.3) is 0 Å². The number of ether oxygens (including phenoxy) is 1. The standard InChI is InChI=1S/C22H13F3N4O3/c1-31-21(30)14-11-17(18-6-3-9-32-18)26-15-7-8-16-20(19(14)15)28-29(27-16)13-5-2-4-12(10-13)22(23,24)25/h2-11H,1H3. The molecule has 0 saturated carbocycles. The number of hydrogen-bond donors (Lipinski definition) is 0. The van der Waals surface area contributed by atoms with Crippen molar-refractivity contribution in [2.75, 3.05) is 7.11 Å². The van der Waals surface area contributed by atoms with Gasteiger partial charge in [0, 0.05) is 5.39 Å². The number of methoxy groups -OCH3 is 1. The van der Waals surface area contributed by atoms with Crippen LogP contribution in [-0.4, -0.2) is 33.1 Å². The van der Waals surface area contributed by atoms with Crippen molar-refractivity contribution < 1.29 is 27.1 Å². The second-order valence-corrected chi connectivity index (χ2v) is 6.89. The fraction of sp³-hybridized carbons (Fsp3) is 0.0909. The molecule has 0 amide bonds. The summed E-state index contributed by atoms with van der Waals surface area (Å²) in [6.45, 7) is 0. The Morgan fingerprint density at radius 3 is 2.56 bits per heavy atom. The van der Waals surface area contributed by atoms with Crippen LogP contribution >= 0.6 is 0 Å². The molecule has 0 saturated heterocycles. The van der Waals surface area contributed by atoms with Gasteiger partial charge in [-0.2, -0.15) is 18.0 Å². The second-order valence-electron chi connectivity index (χ2n) is 6.89. The number of furan rings is 1. The summed E-state index contributed by atoms with van der Waals surface area (Å²) in [4.78, 5) is 18.2. The molecule has 0 aliphatic heterocycles. The quantitative estimate of drug-likeness (QED) is 0.367. The molecule has 0 bridgehead atoms. The van der Waals surface area contributed by atoms with Crippen LogP contribution in [0.5, 0.6) is 0 Å². The molecule has 0 N–H and O–H groups in total. The number of carbonyl (C=O) groups is 1. The lowest BCUT2D eigenvalue weighted by atomic mass is 10.1. The van der Waals surface area contributed by atoms with Crippen molar-refractivity contribution in [2.45, 2.75) is 6.18 Å². The van der Waals surface area contributed by atoms with Gasteiger partial charge in [0.2, 0.25) is 0 Å². The molecule has 5 aromatic rings. The van der Waals surface area contributed by atoms with E-state index in [2.05, 4.69) is 15.2 Å². The first-order valence-electron chi connectivity index (χ1n) is 9.36. The second kappa shape index (κ2) is 7.19. The number of pyridine rings is 1. The molecule has 160 valence electrons. The Kier molecular flexibility index (Phi) is 4.43. The van der Waals surface area contributed by atoms with Crippen LogP contribution in [-0.2, 0) is 10.9 Å². The highest BCUT2D eigenvalue weighted by Gasteiger charge is 2.30. The van der Waals surface area contributed by atoms with Gasteiger partial charge in [0.05, 0.1) is 35.7 Å². The van der Waals surface area contributed by atoms with Gasteiger partial charge in [-0.05, 0) is 48.5 Å². The minimum absolute atomic E-state index is 0.129. The Labute approximate surface area is 178 Å². The molecule has 0 atom stereocenters. The van der Waals surface area contributed by atoms with Gasteiger partial charge in [-0.1, -0.05) is 6.07 Å². The summed E-state index contributed by atoms with van der Waals surface area (Å²) in [5, 5.41) is 9.04. The number of alkyl halides is 3. The van der Waals surface area contributed by atoms with E-state index in [-0.39, 0.29) is 11.3 Å². The molecule has 3 heterocycles. The first kappa shape index (κ1) is 19.7. The largest absolute Gasteiger partial charge is 0.465 e. The summed E-state index contributed by atoms with van der Waals surface area (Å²) < 4.78 is 49.7. The number of fused-ring (bicyclic) bond motifs is 3. The summed E-state index contributed by atoms with van der Waals surface area (Å²) in [5.74, 6) is -0.156. The van der Waals surface area contributed by atoms with Crippen LogP contribution in [0, 0.1) is 0 Å². The summed E-state index contributed by atoms with van der Waals surface area (Å²) in [6, 6.07) is 12.9. The number of carbonyl (C=O) groups excluding carboxylic acids is 1. The number of nitrogens with zero attached hydrogens (tertiary/aromatic N) is 4. The third kappa shape index (κ3) is 3.25. The van der Waals surface area contributed by atoms with E-state index in [0.717, 1.165) is 16.9 Å². The Hall–Kier alpha value is -4.21. The SMILES string of the molecule is COC(=O)c1cc(-c2ccco2)nc2ccc3nn(-c4cccc(C(F)(F)F)c4)nc3c12. The van der Waals surface area contributed by atoms with E-state index in [1.807, 2.05) is 0 Å². The summed E-state index contributed by atoms with van der Waals surface area (Å²) in [6.07, 6.45) is -3.01. The van der Waals surface area contributed by atoms with Crippen LogP contribution < -0.4 is 0 Å². The van der Waals surface area contributed by atoms with Crippen LogP contribution in [0.2, 0.25) is 0 Å². The zero-order valence-corrected chi connectivity index (χ0v) is 16.4. The molecule has 5 rings (SSSR count). The average Bonchev–Trinajstić information content (AvgIpc) is 3.47. The molecule has 0 aliphatic carbocycles. The molecule has 3 aromatic heterocycles. The molecule has 0 spiro atoms. The summed E-state index contributed by atoms with van der Waals surface area (Å²) >= 11 is 0. The molecule has 10 heteroatoms. The smallest absolute Gasteiger partial charge is 0.416 e. The van der Waals surface area contributed by atoms with Gasteiger partial charge in [0.1, 0.15) is 16.7 Å². The lowest BCUT2D eigenvalue weighted by Crippen LogP contribution is -2.07. The Morgan fingerprint density at radius 1 is 1.03 bits per heavy atom. The average molecular weight is 438 g/mol. The van der Waals surface area contributed by atoms with Gasteiger partial charge in [-0.15, -0.1) is 10.2 Å². The number of esters is 1. The first-order chi connectivity index (χ1) is 15.3. The lowest BCUT2D eigenvalue weighted by Gasteiger charge is -2.08. The molecule has 32 heavy (non-hydrogen) atoms. The van der Waals surface area contributed by atoms with E-state index in [4.69, 9.17) is 9.15 Å². The fourth-order valence-electron chi connectivity index (χ4n) is 3.44. The van der Waals surface area contributed by atoms with E-state index in [1.165, 1.54) is 31.6 Å². The maximum atomic E-state index is 13.1. The van der Waals surface area contributed by atoms with Gasteiger partial charge >= 0.3 is 12.1 Å². The maximum absolute atomic E-state index is 13.1. The Morgan fingerprint density at radius 2 is 1.84 bits per heavy atom. The van der Waals surface area contributed by atoms with Crippen LogP contribution in [0.3, 0.4) is 0 Å². The van der Waals surface area contributed by atoms with Gasteiger partial charge < -0.3 is 9.15 Å². The molecule has 7 nitrogen and oxygen atoms in total. The molecule has 0 unspecified atom stereocenters. The van der Waals surface area contributed by atoms with E-state index >= 15 is 0 Å². The molecule has 0 aliphatic rings. The summed E-state index contributed by atoms with van der Waals surface area (Å²) in [7, 11) is 1.25. The zero-order valence-electron chi connectivity index (χ0n) is 16.4. The topological polar surface area (TPSA) is 83.0 Å². The summed E-state index contributed by atoms with van der Waals surface area (Å²) in [5.41, 5.74) is 1.04. The predicted octanol–water partition coefficient (Wildman–Crippen LogP) is 5.03. The minimum Gasteiger partial charge on any atom is -0.465 e. The molecule has 0 fully saturated rings. The van der Waals surface area contributed by atoms with Crippen molar-refractivity contribution in [3.8, 4) is 17.1 Å². The molecule has 0 radical (unpaired) electrons. The maximum Gasteiger partial charge on any atom is 0.416 e. The van der Waals surface area contributed by atoms with E-state index in [1.54, 1.807) is 24.3 Å². The van der Waals surface area contributed by atoms with Crippen molar-refractivity contribution >= 4 is 27.9 Å². The zero-order chi connectivity index (χ0) is 22.5. The van der Waals surface area contributed by atoms with E-state index in [0.29, 0.717) is 33.4 Å². The molecular formula is C22H13F3N4O3. The normalized spacial score (nSPS) is 11.9. The van der Waals surface area contributed by atoms with Crippen molar-refractivity contribution in [3.63, 3.8) is 0 Å². The van der Waals surface area contributed by atoms with Crippen molar-refractivity contribution in [3.05, 3.63) is 72.0 Å². The predicted molar refractivity (Wildman–Crippen MR) is 108 cm³/mol.